The third-order valence-corrected chi connectivity index (χ3v) is 2.54. The number of benzene rings is 1. The molecule has 1 aliphatic rings. The number of ether oxygens (including phenoxy) is 3. The predicted molar refractivity (Wildman–Crippen MR) is 57.6 cm³/mol. The number of aryl methyl sites for hydroxylation is 1. The van der Waals surface area contributed by atoms with E-state index >= 15 is 0 Å². The standard InChI is InChI=1S/C12H16O3/c1-9-3-4-11(12(7-9)13-2)15-8-10-5-6-14-10/h3-4,7,10H,5-6,8H2,1-2H3. The van der Waals surface area contributed by atoms with Crippen molar-refractivity contribution in [1.82, 2.24) is 0 Å². The molecule has 0 amide bonds. The van der Waals surface area contributed by atoms with Crippen LogP contribution < -0.4 is 9.47 Å². The molecule has 1 atom stereocenters. The summed E-state index contributed by atoms with van der Waals surface area (Å²) in [5.74, 6) is 1.58. The zero-order chi connectivity index (χ0) is 10.7. The van der Waals surface area contributed by atoms with Crippen LogP contribution in [0.15, 0.2) is 18.2 Å². The summed E-state index contributed by atoms with van der Waals surface area (Å²) in [5, 5.41) is 0. The van der Waals surface area contributed by atoms with E-state index in [0.29, 0.717) is 6.61 Å². The summed E-state index contributed by atoms with van der Waals surface area (Å²) in [5.41, 5.74) is 1.17. The normalized spacial score (nSPS) is 19.5. The van der Waals surface area contributed by atoms with Gasteiger partial charge in [-0.15, -0.1) is 0 Å². The lowest BCUT2D eigenvalue weighted by Crippen LogP contribution is -2.32. The first kappa shape index (κ1) is 10.3. The first-order valence-corrected chi connectivity index (χ1v) is 5.18. The number of hydrogen-bond acceptors (Lipinski definition) is 3. The monoisotopic (exact) mass is 208 g/mol. The van der Waals surface area contributed by atoms with Crippen LogP contribution in [0.2, 0.25) is 0 Å². The Labute approximate surface area is 90.0 Å². The molecule has 0 radical (unpaired) electrons. The zero-order valence-electron chi connectivity index (χ0n) is 9.16. The number of rotatable bonds is 4. The van der Waals surface area contributed by atoms with Crippen molar-refractivity contribution in [3.8, 4) is 11.5 Å². The lowest BCUT2D eigenvalue weighted by Gasteiger charge is -2.26. The summed E-state index contributed by atoms with van der Waals surface area (Å²) in [7, 11) is 1.65. The molecular formula is C12H16O3. The van der Waals surface area contributed by atoms with Crippen LogP contribution >= 0.6 is 0 Å². The van der Waals surface area contributed by atoms with Crippen molar-refractivity contribution in [3.63, 3.8) is 0 Å². The average Bonchev–Trinajstić information content (AvgIpc) is 2.17. The second kappa shape index (κ2) is 4.53. The molecule has 0 spiro atoms. The Morgan fingerprint density at radius 1 is 1.40 bits per heavy atom. The molecule has 1 aliphatic heterocycles. The van der Waals surface area contributed by atoms with E-state index in [-0.39, 0.29) is 6.10 Å². The van der Waals surface area contributed by atoms with E-state index in [9.17, 15) is 0 Å². The number of methoxy groups -OCH3 is 1. The van der Waals surface area contributed by atoms with E-state index in [2.05, 4.69) is 0 Å². The topological polar surface area (TPSA) is 27.7 Å². The van der Waals surface area contributed by atoms with Gasteiger partial charge in [0.1, 0.15) is 6.61 Å². The highest BCUT2D eigenvalue weighted by Gasteiger charge is 2.19. The van der Waals surface area contributed by atoms with Gasteiger partial charge in [-0.05, 0) is 24.6 Å². The van der Waals surface area contributed by atoms with Crippen molar-refractivity contribution >= 4 is 0 Å². The number of hydrogen-bond donors (Lipinski definition) is 0. The van der Waals surface area contributed by atoms with Gasteiger partial charge in [-0.3, -0.25) is 0 Å². The minimum absolute atomic E-state index is 0.260. The third-order valence-electron chi connectivity index (χ3n) is 2.54. The fourth-order valence-electron chi connectivity index (χ4n) is 1.49. The molecule has 82 valence electrons. The highest BCUT2D eigenvalue weighted by Crippen LogP contribution is 2.28. The minimum Gasteiger partial charge on any atom is -0.493 e. The molecular weight excluding hydrogens is 192 g/mol. The summed E-state index contributed by atoms with van der Waals surface area (Å²) in [6.45, 7) is 3.50. The van der Waals surface area contributed by atoms with Crippen molar-refractivity contribution in [3.05, 3.63) is 23.8 Å². The van der Waals surface area contributed by atoms with Crippen LogP contribution in [0.25, 0.3) is 0 Å². The molecule has 2 rings (SSSR count). The lowest BCUT2D eigenvalue weighted by atomic mass is 10.2. The van der Waals surface area contributed by atoms with E-state index < -0.39 is 0 Å². The van der Waals surface area contributed by atoms with Crippen LogP contribution in [0.5, 0.6) is 11.5 Å². The van der Waals surface area contributed by atoms with E-state index in [1.54, 1.807) is 7.11 Å². The summed E-state index contributed by atoms with van der Waals surface area (Å²) in [6.07, 6.45) is 1.35. The maximum Gasteiger partial charge on any atom is 0.161 e. The summed E-state index contributed by atoms with van der Waals surface area (Å²) in [6, 6.07) is 5.92. The fraction of sp³-hybridized carbons (Fsp3) is 0.500. The van der Waals surface area contributed by atoms with Gasteiger partial charge in [-0.2, -0.15) is 0 Å². The Bertz CT molecular complexity index is 332. The molecule has 0 N–H and O–H groups in total. The molecule has 3 heteroatoms. The fourth-order valence-corrected chi connectivity index (χ4v) is 1.49. The van der Waals surface area contributed by atoms with E-state index in [1.165, 1.54) is 5.56 Å². The van der Waals surface area contributed by atoms with Gasteiger partial charge in [0.2, 0.25) is 0 Å². The predicted octanol–water partition coefficient (Wildman–Crippen LogP) is 2.17. The molecule has 0 aliphatic carbocycles. The molecule has 3 nitrogen and oxygen atoms in total. The Morgan fingerprint density at radius 2 is 2.20 bits per heavy atom. The van der Waals surface area contributed by atoms with Crippen LogP contribution in [-0.2, 0) is 4.74 Å². The largest absolute Gasteiger partial charge is 0.493 e. The minimum atomic E-state index is 0.260. The van der Waals surface area contributed by atoms with Crippen LogP contribution in [-0.4, -0.2) is 26.4 Å². The molecule has 1 fully saturated rings. The van der Waals surface area contributed by atoms with Crippen LogP contribution in [0.1, 0.15) is 12.0 Å². The van der Waals surface area contributed by atoms with E-state index in [4.69, 9.17) is 14.2 Å². The van der Waals surface area contributed by atoms with Gasteiger partial charge >= 0.3 is 0 Å². The van der Waals surface area contributed by atoms with Crippen molar-refractivity contribution in [2.45, 2.75) is 19.4 Å². The molecule has 1 aromatic carbocycles. The van der Waals surface area contributed by atoms with E-state index in [1.807, 2.05) is 25.1 Å². The molecule has 0 aromatic heterocycles. The van der Waals surface area contributed by atoms with Gasteiger partial charge < -0.3 is 14.2 Å². The van der Waals surface area contributed by atoms with Crippen molar-refractivity contribution in [1.29, 1.82) is 0 Å². The van der Waals surface area contributed by atoms with Gasteiger partial charge in [0.15, 0.2) is 11.5 Å². The van der Waals surface area contributed by atoms with Gasteiger partial charge in [0.25, 0.3) is 0 Å². The Balaban J connectivity index is 1.99. The van der Waals surface area contributed by atoms with Gasteiger partial charge in [0, 0.05) is 13.0 Å². The Kier molecular flexibility index (Phi) is 3.11. The van der Waals surface area contributed by atoms with Crippen molar-refractivity contribution in [2.75, 3.05) is 20.3 Å². The Morgan fingerprint density at radius 3 is 2.80 bits per heavy atom. The maximum absolute atomic E-state index is 5.64. The SMILES string of the molecule is COc1cc(C)ccc1OCC1CCO1. The molecule has 15 heavy (non-hydrogen) atoms. The second-order valence-electron chi connectivity index (χ2n) is 3.75. The lowest BCUT2D eigenvalue weighted by molar-refractivity contribution is -0.0723. The molecule has 1 heterocycles. The quantitative estimate of drug-likeness (QED) is 0.759. The van der Waals surface area contributed by atoms with Gasteiger partial charge in [-0.1, -0.05) is 6.07 Å². The summed E-state index contributed by atoms with van der Waals surface area (Å²) in [4.78, 5) is 0. The summed E-state index contributed by atoms with van der Waals surface area (Å²) >= 11 is 0. The maximum atomic E-state index is 5.64. The van der Waals surface area contributed by atoms with Crippen LogP contribution in [0.3, 0.4) is 0 Å². The molecule has 1 aromatic rings. The first-order chi connectivity index (χ1) is 7.29. The van der Waals surface area contributed by atoms with Crippen LogP contribution in [0, 0.1) is 6.92 Å². The zero-order valence-corrected chi connectivity index (χ0v) is 9.16. The molecule has 0 bridgehead atoms. The first-order valence-electron chi connectivity index (χ1n) is 5.18. The second-order valence-corrected chi connectivity index (χ2v) is 3.75. The smallest absolute Gasteiger partial charge is 0.161 e. The highest BCUT2D eigenvalue weighted by atomic mass is 16.6. The van der Waals surface area contributed by atoms with Crippen molar-refractivity contribution in [2.24, 2.45) is 0 Å². The Hall–Kier alpha value is -1.22. The average molecular weight is 208 g/mol. The molecule has 1 saturated heterocycles. The third kappa shape index (κ3) is 2.42. The summed E-state index contributed by atoms with van der Waals surface area (Å²) < 4.78 is 16.2. The molecule has 1 unspecified atom stereocenters. The molecule has 0 saturated carbocycles. The highest BCUT2D eigenvalue weighted by molar-refractivity contribution is 5.42. The van der Waals surface area contributed by atoms with Crippen molar-refractivity contribution < 1.29 is 14.2 Å². The van der Waals surface area contributed by atoms with Crippen LogP contribution in [0.4, 0.5) is 0 Å². The van der Waals surface area contributed by atoms with Gasteiger partial charge in [-0.25, -0.2) is 0 Å². The van der Waals surface area contributed by atoms with E-state index in [0.717, 1.165) is 24.5 Å². The van der Waals surface area contributed by atoms with Gasteiger partial charge in [0.05, 0.1) is 13.2 Å².